The molecule has 4 aromatic carbocycles. The number of hydrogen-bond donors (Lipinski definition) is 3. The topological polar surface area (TPSA) is 145 Å². The van der Waals surface area contributed by atoms with Crippen LogP contribution in [0.3, 0.4) is 0 Å². The second-order valence-electron chi connectivity index (χ2n) is 19.1. The average molecular weight is 1060 g/mol. The smallest absolute Gasteiger partial charge is 1.00 e. The van der Waals surface area contributed by atoms with Gasteiger partial charge in [0.15, 0.2) is 5.72 Å². The van der Waals surface area contributed by atoms with Gasteiger partial charge in [-0.3, -0.25) is 24.4 Å². The molecule has 4 fully saturated rings. The van der Waals surface area contributed by atoms with E-state index in [2.05, 4.69) is 105 Å². The van der Waals surface area contributed by atoms with Gasteiger partial charge < -0.3 is 51.7 Å². The monoisotopic (exact) mass is 1060 g/mol. The number of imide groups is 1. The number of aliphatic hydroxyl groups is 1. The largest absolute Gasteiger partial charge is 2.00 e. The number of amides is 5. The van der Waals surface area contributed by atoms with E-state index in [9.17, 15) is 19.5 Å². The summed E-state index contributed by atoms with van der Waals surface area (Å²) >= 11 is 0. The molecule has 0 aromatic heterocycles. The fraction of sp³-hybridized carbons (Fsp3) is 0.429. The molecule has 14 nitrogen and oxygen atoms in total. The van der Waals surface area contributed by atoms with Gasteiger partial charge in [0.05, 0.1) is 47.1 Å². The van der Waals surface area contributed by atoms with E-state index in [4.69, 9.17) is 18.9 Å². The van der Waals surface area contributed by atoms with E-state index < -0.39 is 16.8 Å². The Morgan fingerprint density at radius 1 is 0.583 bits per heavy atom. The van der Waals surface area contributed by atoms with Gasteiger partial charge in [0, 0.05) is 57.8 Å². The molecule has 4 aliphatic heterocycles. The van der Waals surface area contributed by atoms with Crippen molar-refractivity contribution in [3.63, 3.8) is 0 Å². The quantitative estimate of drug-likeness (QED) is 0.0669. The number of aryl methyl sites for hydroxylation is 4. The van der Waals surface area contributed by atoms with E-state index in [1.54, 1.807) is 51.5 Å². The van der Waals surface area contributed by atoms with Gasteiger partial charge in [-0.15, -0.1) is 6.58 Å². The van der Waals surface area contributed by atoms with Crippen molar-refractivity contribution in [3.8, 4) is 23.0 Å². The first-order valence-electron chi connectivity index (χ1n) is 24.0. The van der Waals surface area contributed by atoms with Gasteiger partial charge in [-0.25, -0.2) is 29.2 Å². The standard InChI is InChI=1S/C28H37N3O4.C25H31N3O4.C3H5.BrH.Mg/c1-6-7-28(33)27(8-10-30(11-9-27)18-22-13-20(2)12-21(3)14-22)29-26(32)31(28)19-23-15-24(34-4)17-25(16-23)35-5;1-17-9-18(2)11-19(10-17)15-27-7-5-25(6-8-27)23(29)28(24(30)26-25)16-20-12-21(31-3)14-22(13-20)32-4;1-3-2;;/h6,12-17,33H,1,7-11,18-19H2,2-5H3,(H,29,32);9-14H,5-8,15-16H2,1-4H3,(H,26,30);3H,1-2H2;1H;/q;;-1;;+2/p-1. The number of halogens is 1. The van der Waals surface area contributed by atoms with Gasteiger partial charge in [-0.2, -0.15) is 0 Å². The number of likely N-dealkylation sites (tertiary alicyclic amines) is 2. The zero-order chi connectivity index (χ0) is 50.8. The second-order valence-corrected chi connectivity index (χ2v) is 19.1. The third-order valence-electron chi connectivity index (χ3n) is 13.8. The zero-order valence-corrected chi connectivity index (χ0v) is 46.6. The number of methoxy groups -OCH3 is 4. The number of hydrogen-bond acceptors (Lipinski definition) is 10. The molecule has 4 aliphatic rings. The first kappa shape index (κ1) is 59.3. The fourth-order valence-electron chi connectivity index (χ4n) is 10.5. The molecule has 72 heavy (non-hydrogen) atoms. The van der Waals surface area contributed by atoms with Gasteiger partial charge in [-0.1, -0.05) is 64.7 Å². The number of nitrogens with one attached hydrogen (secondary N) is 2. The van der Waals surface area contributed by atoms with Crippen molar-refractivity contribution in [2.24, 2.45) is 0 Å². The van der Waals surface area contributed by atoms with Gasteiger partial charge in [0.25, 0.3) is 5.91 Å². The summed E-state index contributed by atoms with van der Waals surface area (Å²) in [6.07, 6.45) is 6.02. The summed E-state index contributed by atoms with van der Waals surface area (Å²) in [7, 11) is 6.34. The molecular weight excluding hydrogens is 989 g/mol. The maximum Gasteiger partial charge on any atom is 2.00 e. The molecule has 0 aliphatic carbocycles. The van der Waals surface area contributed by atoms with Gasteiger partial charge in [0.1, 0.15) is 28.5 Å². The Morgan fingerprint density at radius 2 is 0.958 bits per heavy atom. The molecule has 4 saturated heterocycles. The van der Waals surface area contributed by atoms with Crippen LogP contribution in [0.5, 0.6) is 23.0 Å². The molecule has 16 heteroatoms. The number of urea groups is 2. The Hall–Kier alpha value is -5.23. The number of carbonyl (C=O) groups excluding carboxylic acids is 3. The number of benzene rings is 4. The fourth-order valence-corrected chi connectivity index (χ4v) is 10.5. The molecule has 4 aromatic rings. The molecule has 1 atom stereocenters. The summed E-state index contributed by atoms with van der Waals surface area (Å²) in [5.41, 5.74) is 6.32. The van der Waals surface area contributed by atoms with Crippen LogP contribution in [0.1, 0.15) is 76.6 Å². The second kappa shape index (κ2) is 26.1. The molecule has 8 rings (SSSR count). The van der Waals surface area contributed by atoms with Crippen molar-refractivity contribution >= 4 is 41.0 Å². The summed E-state index contributed by atoms with van der Waals surface area (Å²) in [6.45, 7) is 24.1. The summed E-state index contributed by atoms with van der Waals surface area (Å²) in [5, 5.41) is 18.2. The van der Waals surface area contributed by atoms with Crippen LogP contribution in [-0.2, 0) is 31.0 Å². The van der Waals surface area contributed by atoms with Crippen LogP contribution in [0.2, 0.25) is 0 Å². The van der Waals surface area contributed by atoms with Crippen molar-refractivity contribution in [1.29, 1.82) is 0 Å². The maximum absolute atomic E-state index is 13.3. The van der Waals surface area contributed by atoms with E-state index in [1.807, 2.05) is 24.3 Å². The Labute approximate surface area is 454 Å². The SMILES string of the molecule is C=CCC1(O)N(Cc2cc(OC)cc(OC)c2)C(=O)NC12CCN(Cc1cc(C)cc(C)c1)CC2.C=C[CH2-].COc1cc(CN2C(=O)NC3(CCN(Cc4cc(C)cc(C)c4)CC3)C2=O)cc(OC)c1.[Br-].[Mg+2]. The number of allylic oxidation sites excluding steroid dienone is 1. The van der Waals surface area contributed by atoms with Crippen molar-refractivity contribution in [1.82, 2.24) is 30.2 Å². The third kappa shape index (κ3) is 13.9. The maximum atomic E-state index is 13.3. The first-order valence-corrected chi connectivity index (χ1v) is 24.0. The number of carbonyl (C=O) groups is 3. The average Bonchev–Trinajstić information content (AvgIpc) is 3.66. The van der Waals surface area contributed by atoms with Crippen molar-refractivity contribution in [2.75, 3.05) is 54.6 Å². The normalized spacial score (nSPS) is 18.8. The third-order valence-corrected chi connectivity index (χ3v) is 13.8. The van der Waals surface area contributed by atoms with Crippen LogP contribution >= 0.6 is 0 Å². The van der Waals surface area contributed by atoms with E-state index in [0.717, 1.165) is 50.4 Å². The summed E-state index contributed by atoms with van der Waals surface area (Å²) in [4.78, 5) is 46.9. The summed E-state index contributed by atoms with van der Waals surface area (Å²) in [6, 6.07) is 23.6. The molecule has 384 valence electrons. The minimum absolute atomic E-state index is 0. The van der Waals surface area contributed by atoms with Crippen LogP contribution in [0.15, 0.2) is 98.1 Å². The van der Waals surface area contributed by atoms with E-state index in [1.165, 1.54) is 44.4 Å². The molecule has 4 heterocycles. The van der Waals surface area contributed by atoms with Gasteiger partial charge >= 0.3 is 35.1 Å². The minimum atomic E-state index is -1.38. The molecular formula is C56H73BrMgN6O8. The molecule has 2 spiro atoms. The van der Waals surface area contributed by atoms with Crippen LogP contribution in [0, 0.1) is 34.6 Å². The Bertz CT molecular complexity index is 2440. The minimum Gasteiger partial charge on any atom is -1.00 e. The number of ether oxygens (including phenoxy) is 4. The van der Waals surface area contributed by atoms with Crippen molar-refractivity contribution in [3.05, 3.63) is 150 Å². The van der Waals surface area contributed by atoms with Gasteiger partial charge in [0.2, 0.25) is 0 Å². The summed E-state index contributed by atoms with van der Waals surface area (Å²) in [5.74, 6) is 2.39. The van der Waals surface area contributed by atoms with E-state index in [-0.39, 0.29) is 77.5 Å². The predicted octanol–water partition coefficient (Wildman–Crippen LogP) is 5.18. The predicted molar refractivity (Wildman–Crippen MR) is 280 cm³/mol. The van der Waals surface area contributed by atoms with Gasteiger partial charge in [-0.05, 0) is 99.9 Å². The number of nitrogens with zero attached hydrogens (tertiary/aromatic N) is 4. The number of rotatable bonds is 14. The van der Waals surface area contributed by atoms with E-state index >= 15 is 0 Å². The zero-order valence-electron chi connectivity index (χ0n) is 43.6. The van der Waals surface area contributed by atoms with E-state index in [0.29, 0.717) is 48.7 Å². The molecule has 0 bridgehead atoms. The molecule has 0 radical (unpaired) electrons. The first-order chi connectivity index (χ1) is 33.4. The van der Waals surface area contributed by atoms with Crippen LogP contribution in [0.4, 0.5) is 9.59 Å². The Morgan fingerprint density at radius 3 is 1.35 bits per heavy atom. The van der Waals surface area contributed by atoms with Crippen molar-refractivity contribution in [2.45, 2.75) is 103 Å². The molecule has 3 N–H and O–H groups in total. The molecule has 5 amide bonds. The van der Waals surface area contributed by atoms with Crippen LogP contribution < -0.4 is 46.6 Å². The summed E-state index contributed by atoms with van der Waals surface area (Å²) < 4.78 is 21.4. The van der Waals surface area contributed by atoms with Crippen LogP contribution in [0.25, 0.3) is 0 Å². The Balaban J connectivity index is 0.000000290. The molecule has 0 saturated carbocycles. The Kier molecular flexibility index (Phi) is 21.5. The molecule has 1 unspecified atom stereocenters. The van der Waals surface area contributed by atoms with Crippen molar-refractivity contribution < 1.29 is 55.4 Å². The van der Waals surface area contributed by atoms with Crippen LogP contribution in [-0.4, -0.2) is 137 Å². The number of piperidine rings is 2.